The molecular formula is C25H21N3O. The SMILES string of the molecule is CCn1c2ccccc2c2cc(/C=C3/C(=O)N(c4ccccc4)N=C3C)ccc21. The number of hydrogen-bond acceptors (Lipinski definition) is 2. The Labute approximate surface area is 169 Å². The number of nitrogens with zero attached hydrogens (tertiary/aromatic N) is 3. The molecule has 0 saturated heterocycles. The minimum atomic E-state index is -0.0928. The summed E-state index contributed by atoms with van der Waals surface area (Å²) in [6, 6.07) is 24.4. The molecule has 5 rings (SSSR count). The largest absolute Gasteiger partial charge is 0.341 e. The predicted octanol–water partition coefficient (Wildman–Crippen LogP) is 5.62. The predicted molar refractivity (Wildman–Crippen MR) is 120 cm³/mol. The van der Waals surface area contributed by atoms with E-state index in [1.54, 1.807) is 0 Å². The van der Waals surface area contributed by atoms with Crippen LogP contribution >= 0.6 is 0 Å². The number of aromatic nitrogens is 1. The van der Waals surface area contributed by atoms with E-state index in [4.69, 9.17) is 0 Å². The summed E-state index contributed by atoms with van der Waals surface area (Å²) in [7, 11) is 0. The lowest BCUT2D eigenvalue weighted by Crippen LogP contribution is -2.21. The van der Waals surface area contributed by atoms with Gasteiger partial charge in [-0.15, -0.1) is 0 Å². The van der Waals surface area contributed by atoms with Gasteiger partial charge in [-0.3, -0.25) is 4.79 Å². The number of carbonyl (C=O) groups excluding carboxylic acids is 1. The molecule has 4 aromatic rings. The molecule has 0 fully saturated rings. The zero-order valence-corrected chi connectivity index (χ0v) is 16.5. The van der Waals surface area contributed by atoms with Gasteiger partial charge in [0.1, 0.15) is 0 Å². The zero-order valence-electron chi connectivity index (χ0n) is 16.5. The summed E-state index contributed by atoms with van der Waals surface area (Å²) in [4.78, 5) is 13.0. The summed E-state index contributed by atoms with van der Waals surface area (Å²) in [5.74, 6) is -0.0928. The molecule has 1 aromatic heterocycles. The van der Waals surface area contributed by atoms with Crippen molar-refractivity contribution in [2.45, 2.75) is 20.4 Å². The summed E-state index contributed by atoms with van der Waals surface area (Å²) in [6.45, 7) is 4.96. The molecule has 0 spiro atoms. The number of hydrazone groups is 1. The van der Waals surface area contributed by atoms with Gasteiger partial charge in [-0.25, -0.2) is 0 Å². The maximum atomic E-state index is 13.0. The van der Waals surface area contributed by atoms with E-state index >= 15 is 0 Å². The van der Waals surface area contributed by atoms with Crippen molar-refractivity contribution in [3.05, 3.63) is 83.9 Å². The molecule has 0 aliphatic carbocycles. The quantitative estimate of drug-likeness (QED) is 0.426. The molecule has 4 nitrogen and oxygen atoms in total. The highest BCUT2D eigenvalue weighted by atomic mass is 16.2. The Kier molecular flexibility index (Phi) is 4.06. The molecule has 1 aliphatic rings. The average molecular weight is 379 g/mol. The van der Waals surface area contributed by atoms with Crippen molar-refractivity contribution < 1.29 is 4.79 Å². The van der Waals surface area contributed by atoms with Crippen LogP contribution in [0.4, 0.5) is 5.69 Å². The summed E-state index contributed by atoms with van der Waals surface area (Å²) < 4.78 is 2.33. The minimum absolute atomic E-state index is 0.0928. The van der Waals surface area contributed by atoms with Crippen molar-refractivity contribution in [3.63, 3.8) is 0 Å². The van der Waals surface area contributed by atoms with Crippen LogP contribution in [0.2, 0.25) is 0 Å². The van der Waals surface area contributed by atoms with Gasteiger partial charge in [-0.1, -0.05) is 42.5 Å². The van der Waals surface area contributed by atoms with E-state index in [0.717, 1.165) is 23.5 Å². The molecule has 0 bridgehead atoms. The smallest absolute Gasteiger partial charge is 0.280 e. The molecule has 3 aromatic carbocycles. The number of carbonyl (C=O) groups is 1. The molecule has 0 N–H and O–H groups in total. The van der Waals surface area contributed by atoms with Crippen LogP contribution in [0.15, 0.2) is 83.5 Å². The van der Waals surface area contributed by atoms with Gasteiger partial charge in [-0.05, 0) is 55.8 Å². The molecule has 0 unspecified atom stereocenters. The Bertz CT molecular complexity index is 1310. The second kappa shape index (κ2) is 6.74. The van der Waals surface area contributed by atoms with Gasteiger partial charge in [0, 0.05) is 28.4 Å². The first-order chi connectivity index (χ1) is 14.2. The van der Waals surface area contributed by atoms with Gasteiger partial charge in [-0.2, -0.15) is 10.1 Å². The first-order valence-electron chi connectivity index (χ1n) is 9.85. The summed E-state index contributed by atoms with van der Waals surface area (Å²) in [5.41, 5.74) is 5.60. The van der Waals surface area contributed by atoms with Gasteiger partial charge < -0.3 is 4.57 Å². The first kappa shape index (κ1) is 17.4. The van der Waals surface area contributed by atoms with Crippen molar-refractivity contribution in [1.82, 2.24) is 4.57 Å². The van der Waals surface area contributed by atoms with Crippen molar-refractivity contribution >= 4 is 45.2 Å². The van der Waals surface area contributed by atoms with Crippen LogP contribution in [0.5, 0.6) is 0 Å². The van der Waals surface area contributed by atoms with Gasteiger partial charge >= 0.3 is 0 Å². The van der Waals surface area contributed by atoms with Crippen molar-refractivity contribution in [2.24, 2.45) is 5.10 Å². The minimum Gasteiger partial charge on any atom is -0.341 e. The number of aryl methyl sites for hydroxylation is 1. The second-order valence-corrected chi connectivity index (χ2v) is 7.23. The zero-order chi connectivity index (χ0) is 20.0. The number of fused-ring (bicyclic) bond motifs is 3. The molecule has 0 atom stereocenters. The van der Waals surface area contributed by atoms with E-state index in [1.165, 1.54) is 26.8 Å². The number of rotatable bonds is 3. The van der Waals surface area contributed by atoms with Crippen LogP contribution in [0.3, 0.4) is 0 Å². The van der Waals surface area contributed by atoms with Gasteiger partial charge in [0.05, 0.1) is 17.0 Å². The molecule has 0 radical (unpaired) electrons. The fourth-order valence-corrected chi connectivity index (χ4v) is 4.10. The fourth-order valence-electron chi connectivity index (χ4n) is 4.10. The Balaban J connectivity index is 1.60. The van der Waals surface area contributed by atoms with E-state index in [0.29, 0.717) is 5.57 Å². The Morgan fingerprint density at radius 3 is 2.41 bits per heavy atom. The van der Waals surface area contributed by atoms with E-state index in [9.17, 15) is 4.79 Å². The van der Waals surface area contributed by atoms with Gasteiger partial charge in [0.2, 0.25) is 0 Å². The van der Waals surface area contributed by atoms with Crippen LogP contribution in [0, 0.1) is 0 Å². The van der Waals surface area contributed by atoms with E-state index in [2.05, 4.69) is 59.1 Å². The third-order valence-electron chi connectivity index (χ3n) is 5.49. The second-order valence-electron chi connectivity index (χ2n) is 7.23. The lowest BCUT2D eigenvalue weighted by atomic mass is 10.0. The van der Waals surface area contributed by atoms with Crippen LogP contribution in [-0.2, 0) is 11.3 Å². The highest BCUT2D eigenvalue weighted by Crippen LogP contribution is 2.31. The van der Waals surface area contributed by atoms with Crippen LogP contribution in [0.25, 0.3) is 27.9 Å². The van der Waals surface area contributed by atoms with Crippen LogP contribution in [0.1, 0.15) is 19.4 Å². The highest BCUT2D eigenvalue weighted by molar-refractivity contribution is 6.32. The Morgan fingerprint density at radius 1 is 0.897 bits per heavy atom. The standard InChI is InChI=1S/C25H21N3O/c1-3-27-23-12-8-7-11-20(23)22-16-18(13-14-24(22)27)15-21-17(2)26-28(25(21)29)19-9-5-4-6-10-19/h4-16H,3H2,1-2H3/b21-15+. The topological polar surface area (TPSA) is 37.6 Å². The third-order valence-corrected chi connectivity index (χ3v) is 5.49. The van der Waals surface area contributed by atoms with Crippen LogP contribution < -0.4 is 5.01 Å². The van der Waals surface area contributed by atoms with E-state index < -0.39 is 0 Å². The Morgan fingerprint density at radius 2 is 1.62 bits per heavy atom. The maximum absolute atomic E-state index is 13.0. The molecular weight excluding hydrogens is 358 g/mol. The number of benzene rings is 3. The normalized spacial score (nSPS) is 15.7. The van der Waals surface area contributed by atoms with Crippen molar-refractivity contribution in [2.75, 3.05) is 5.01 Å². The summed E-state index contributed by atoms with van der Waals surface area (Å²) >= 11 is 0. The molecule has 1 aliphatic heterocycles. The van der Waals surface area contributed by atoms with Crippen molar-refractivity contribution in [3.8, 4) is 0 Å². The van der Waals surface area contributed by atoms with E-state index in [1.807, 2.05) is 43.3 Å². The summed E-state index contributed by atoms with van der Waals surface area (Å²) in [6.07, 6.45) is 1.95. The lowest BCUT2D eigenvalue weighted by molar-refractivity contribution is -0.114. The number of para-hydroxylation sites is 2. The first-order valence-corrected chi connectivity index (χ1v) is 9.85. The lowest BCUT2D eigenvalue weighted by Gasteiger charge is -2.11. The highest BCUT2D eigenvalue weighted by Gasteiger charge is 2.28. The third kappa shape index (κ3) is 2.76. The molecule has 0 saturated carbocycles. The molecule has 2 heterocycles. The number of anilines is 1. The molecule has 4 heteroatoms. The summed E-state index contributed by atoms with van der Waals surface area (Å²) in [5, 5.41) is 8.39. The van der Waals surface area contributed by atoms with E-state index in [-0.39, 0.29) is 5.91 Å². The maximum Gasteiger partial charge on any atom is 0.280 e. The number of hydrogen-bond donors (Lipinski definition) is 0. The molecule has 29 heavy (non-hydrogen) atoms. The molecule has 1 amide bonds. The Hall–Kier alpha value is -3.66. The number of amides is 1. The van der Waals surface area contributed by atoms with Crippen molar-refractivity contribution in [1.29, 1.82) is 0 Å². The van der Waals surface area contributed by atoms with Crippen LogP contribution in [-0.4, -0.2) is 16.2 Å². The van der Waals surface area contributed by atoms with Gasteiger partial charge in [0.15, 0.2) is 0 Å². The molecule has 142 valence electrons. The average Bonchev–Trinajstić information content (AvgIpc) is 3.23. The monoisotopic (exact) mass is 379 g/mol. The van der Waals surface area contributed by atoms with Gasteiger partial charge in [0.25, 0.3) is 5.91 Å². The fraction of sp³-hybridized carbons (Fsp3) is 0.120.